The number of hydrogen-bond acceptors (Lipinski definition) is 3. The molecule has 1 aromatic heterocycles. The molecule has 0 saturated carbocycles. The number of halogens is 3. The molecular formula is C11H17ClF2N4O. The fraction of sp³-hybridized carbons (Fsp3) is 0.636. The summed E-state index contributed by atoms with van der Waals surface area (Å²) in [7, 11) is 0. The molecule has 0 aromatic carbocycles. The molecule has 1 aliphatic heterocycles. The first-order valence-corrected chi connectivity index (χ1v) is 5.97. The number of rotatable bonds is 4. The van der Waals surface area contributed by atoms with Crippen molar-refractivity contribution in [3.05, 3.63) is 12.4 Å². The largest absolute Gasteiger partial charge is 0.323 e. The maximum absolute atomic E-state index is 12.1. The zero-order valence-electron chi connectivity index (χ0n) is 10.3. The van der Waals surface area contributed by atoms with Gasteiger partial charge in [-0.15, -0.1) is 12.4 Å². The molecule has 0 aliphatic carbocycles. The van der Waals surface area contributed by atoms with Gasteiger partial charge in [0, 0.05) is 12.7 Å². The van der Waals surface area contributed by atoms with E-state index < -0.39 is 13.0 Å². The third-order valence-electron chi connectivity index (χ3n) is 2.89. The van der Waals surface area contributed by atoms with Crippen LogP contribution in [0.3, 0.4) is 0 Å². The molecular weight excluding hydrogens is 278 g/mol. The third-order valence-corrected chi connectivity index (χ3v) is 2.89. The van der Waals surface area contributed by atoms with Crippen molar-refractivity contribution in [2.24, 2.45) is 5.92 Å². The summed E-state index contributed by atoms with van der Waals surface area (Å²) in [5.41, 5.74) is 0.464. The Morgan fingerprint density at radius 1 is 1.63 bits per heavy atom. The number of amides is 1. The van der Waals surface area contributed by atoms with E-state index in [0.717, 1.165) is 24.1 Å². The highest BCUT2D eigenvalue weighted by atomic mass is 35.5. The Balaban J connectivity index is 0.00000180. The molecule has 1 aliphatic rings. The van der Waals surface area contributed by atoms with Crippen LogP contribution in [0.2, 0.25) is 0 Å². The van der Waals surface area contributed by atoms with Crippen LogP contribution in [0.4, 0.5) is 14.5 Å². The fourth-order valence-corrected chi connectivity index (χ4v) is 1.99. The van der Waals surface area contributed by atoms with Gasteiger partial charge in [-0.25, -0.2) is 8.78 Å². The lowest BCUT2D eigenvalue weighted by Gasteiger charge is -2.21. The first kappa shape index (κ1) is 15.8. The van der Waals surface area contributed by atoms with Crippen molar-refractivity contribution in [2.45, 2.75) is 25.8 Å². The number of piperidine rings is 1. The summed E-state index contributed by atoms with van der Waals surface area (Å²) in [4.78, 5) is 11.9. The lowest BCUT2D eigenvalue weighted by atomic mass is 9.99. The SMILES string of the molecule is Cl.O=C(Nc1cnn(CC(F)F)c1)C1CCCNC1. The predicted octanol–water partition coefficient (Wildman–Crippen LogP) is 1.51. The molecule has 5 nitrogen and oxygen atoms in total. The Labute approximate surface area is 116 Å². The zero-order chi connectivity index (χ0) is 13.0. The highest BCUT2D eigenvalue weighted by Crippen LogP contribution is 2.14. The van der Waals surface area contributed by atoms with Gasteiger partial charge in [0.05, 0.1) is 17.8 Å². The lowest BCUT2D eigenvalue weighted by molar-refractivity contribution is -0.120. The highest BCUT2D eigenvalue weighted by Gasteiger charge is 2.21. The monoisotopic (exact) mass is 294 g/mol. The van der Waals surface area contributed by atoms with E-state index in [0.29, 0.717) is 12.2 Å². The molecule has 1 amide bonds. The van der Waals surface area contributed by atoms with Gasteiger partial charge in [0.15, 0.2) is 0 Å². The van der Waals surface area contributed by atoms with Gasteiger partial charge in [0.2, 0.25) is 5.91 Å². The molecule has 1 aromatic rings. The minimum absolute atomic E-state index is 0. The molecule has 1 atom stereocenters. The minimum Gasteiger partial charge on any atom is -0.323 e. The molecule has 1 unspecified atom stereocenters. The third kappa shape index (κ3) is 4.76. The van der Waals surface area contributed by atoms with Crippen LogP contribution in [-0.4, -0.2) is 35.2 Å². The van der Waals surface area contributed by atoms with E-state index in [2.05, 4.69) is 15.7 Å². The normalized spacial score (nSPS) is 19.0. The van der Waals surface area contributed by atoms with Crippen molar-refractivity contribution in [2.75, 3.05) is 18.4 Å². The number of alkyl halides is 2. The van der Waals surface area contributed by atoms with Crippen molar-refractivity contribution in [1.82, 2.24) is 15.1 Å². The summed E-state index contributed by atoms with van der Waals surface area (Å²) in [6.45, 7) is 1.15. The second-order valence-electron chi connectivity index (χ2n) is 4.37. The molecule has 2 heterocycles. The molecule has 108 valence electrons. The van der Waals surface area contributed by atoms with Gasteiger partial charge in [0.25, 0.3) is 6.43 Å². The van der Waals surface area contributed by atoms with E-state index in [1.165, 1.54) is 12.4 Å². The van der Waals surface area contributed by atoms with Gasteiger partial charge in [-0.2, -0.15) is 5.10 Å². The average molecular weight is 295 g/mol. The van der Waals surface area contributed by atoms with Gasteiger partial charge in [-0.3, -0.25) is 9.48 Å². The van der Waals surface area contributed by atoms with Crippen molar-refractivity contribution in [1.29, 1.82) is 0 Å². The summed E-state index contributed by atoms with van der Waals surface area (Å²) < 4.78 is 25.4. The van der Waals surface area contributed by atoms with E-state index in [4.69, 9.17) is 0 Å². The van der Waals surface area contributed by atoms with Gasteiger partial charge in [-0.05, 0) is 19.4 Å². The highest BCUT2D eigenvalue weighted by molar-refractivity contribution is 5.92. The lowest BCUT2D eigenvalue weighted by Crippen LogP contribution is -2.37. The summed E-state index contributed by atoms with van der Waals surface area (Å²) in [5.74, 6) is -0.143. The van der Waals surface area contributed by atoms with Crippen molar-refractivity contribution >= 4 is 24.0 Å². The van der Waals surface area contributed by atoms with E-state index in [-0.39, 0.29) is 24.2 Å². The van der Waals surface area contributed by atoms with Gasteiger partial charge < -0.3 is 10.6 Å². The standard InChI is InChI=1S/C11H16F2N4O.ClH/c12-10(13)7-17-6-9(5-15-17)16-11(18)8-2-1-3-14-4-8;/h5-6,8,10,14H,1-4,7H2,(H,16,18);1H. The number of anilines is 1. The Kier molecular flexibility index (Phi) is 6.17. The number of carbonyl (C=O) groups excluding carboxylic acids is 1. The topological polar surface area (TPSA) is 59.0 Å². The second kappa shape index (κ2) is 7.40. The Morgan fingerprint density at radius 2 is 2.42 bits per heavy atom. The molecule has 19 heavy (non-hydrogen) atoms. The van der Waals surface area contributed by atoms with Crippen LogP contribution in [0, 0.1) is 5.92 Å². The molecule has 1 saturated heterocycles. The average Bonchev–Trinajstić information content (AvgIpc) is 2.76. The molecule has 2 N–H and O–H groups in total. The Hall–Kier alpha value is -1.21. The second-order valence-corrected chi connectivity index (χ2v) is 4.37. The van der Waals surface area contributed by atoms with Crippen LogP contribution in [0.1, 0.15) is 12.8 Å². The maximum Gasteiger partial charge on any atom is 0.257 e. The zero-order valence-corrected chi connectivity index (χ0v) is 11.1. The number of aromatic nitrogens is 2. The smallest absolute Gasteiger partial charge is 0.257 e. The van der Waals surface area contributed by atoms with Crippen LogP contribution in [0.15, 0.2) is 12.4 Å². The van der Waals surface area contributed by atoms with E-state index in [1.54, 1.807) is 0 Å². The molecule has 0 bridgehead atoms. The van der Waals surface area contributed by atoms with E-state index >= 15 is 0 Å². The van der Waals surface area contributed by atoms with Crippen molar-refractivity contribution in [3.63, 3.8) is 0 Å². The summed E-state index contributed by atoms with van der Waals surface area (Å²) >= 11 is 0. The van der Waals surface area contributed by atoms with E-state index in [1.807, 2.05) is 0 Å². The summed E-state index contributed by atoms with van der Waals surface area (Å²) in [6.07, 6.45) is 2.18. The number of nitrogens with one attached hydrogen (secondary N) is 2. The van der Waals surface area contributed by atoms with Crippen molar-refractivity contribution < 1.29 is 13.6 Å². The molecule has 0 radical (unpaired) electrons. The molecule has 2 rings (SSSR count). The number of hydrogen-bond donors (Lipinski definition) is 2. The van der Waals surface area contributed by atoms with Crippen LogP contribution < -0.4 is 10.6 Å². The molecule has 1 fully saturated rings. The van der Waals surface area contributed by atoms with Gasteiger partial charge >= 0.3 is 0 Å². The van der Waals surface area contributed by atoms with Crippen LogP contribution in [-0.2, 0) is 11.3 Å². The number of carbonyl (C=O) groups is 1. The first-order chi connectivity index (χ1) is 8.65. The van der Waals surface area contributed by atoms with Crippen LogP contribution in [0.5, 0.6) is 0 Å². The summed E-state index contributed by atoms with van der Waals surface area (Å²) in [6, 6.07) is 0. The summed E-state index contributed by atoms with van der Waals surface area (Å²) in [5, 5.41) is 9.61. The van der Waals surface area contributed by atoms with Gasteiger partial charge in [0.1, 0.15) is 6.54 Å². The maximum atomic E-state index is 12.1. The van der Waals surface area contributed by atoms with Crippen LogP contribution >= 0.6 is 12.4 Å². The Morgan fingerprint density at radius 3 is 3.05 bits per heavy atom. The van der Waals surface area contributed by atoms with E-state index in [9.17, 15) is 13.6 Å². The minimum atomic E-state index is -2.45. The quantitative estimate of drug-likeness (QED) is 0.885. The molecule has 8 heteroatoms. The Bertz CT molecular complexity index is 407. The van der Waals surface area contributed by atoms with Crippen molar-refractivity contribution in [3.8, 4) is 0 Å². The number of nitrogens with zero attached hydrogens (tertiary/aromatic N) is 2. The first-order valence-electron chi connectivity index (χ1n) is 5.97. The van der Waals surface area contributed by atoms with Crippen LogP contribution in [0.25, 0.3) is 0 Å². The fourth-order valence-electron chi connectivity index (χ4n) is 1.99. The predicted molar refractivity (Wildman–Crippen MR) is 69.7 cm³/mol. The van der Waals surface area contributed by atoms with Gasteiger partial charge in [-0.1, -0.05) is 0 Å². The molecule has 0 spiro atoms.